The highest BCUT2D eigenvalue weighted by atomic mass is 19.1. The van der Waals surface area contributed by atoms with Crippen molar-refractivity contribution in [1.82, 2.24) is 20.4 Å². The Balaban J connectivity index is 1.37. The molecule has 0 saturated heterocycles. The number of aryl methyl sites for hydroxylation is 1. The lowest BCUT2D eigenvalue weighted by atomic mass is 9.97. The number of anilines is 1. The third-order valence-corrected chi connectivity index (χ3v) is 7.36. The average Bonchev–Trinajstić information content (AvgIpc) is 3.75. The molecule has 1 aliphatic rings. The van der Waals surface area contributed by atoms with E-state index in [-0.39, 0.29) is 24.0 Å². The largest absolute Gasteiger partial charge is 0.497 e. The van der Waals surface area contributed by atoms with Crippen LogP contribution in [0.25, 0.3) is 5.69 Å². The number of carbonyl (C=O) groups excluding carboxylic acids is 2. The van der Waals surface area contributed by atoms with Gasteiger partial charge in [0, 0.05) is 6.54 Å². The van der Waals surface area contributed by atoms with Gasteiger partial charge in [0.25, 0.3) is 5.91 Å². The number of carbonyl (C=O) groups is 2. The first-order valence-electron chi connectivity index (χ1n) is 15.1. The van der Waals surface area contributed by atoms with Crippen LogP contribution in [0.4, 0.5) is 14.9 Å². The topological polar surface area (TPSA) is 107 Å². The van der Waals surface area contributed by atoms with E-state index in [1.165, 1.54) is 23.6 Å². The number of hydrogen-bond donors (Lipinski definition) is 3. The molecule has 4 aromatic rings. The zero-order valence-corrected chi connectivity index (χ0v) is 26.3. The summed E-state index contributed by atoms with van der Waals surface area (Å²) in [7, 11) is 1.63. The van der Waals surface area contributed by atoms with Crippen LogP contribution in [0.15, 0.2) is 72.8 Å². The molecule has 5 rings (SSSR count). The van der Waals surface area contributed by atoms with Crippen LogP contribution in [0.3, 0.4) is 0 Å². The summed E-state index contributed by atoms with van der Waals surface area (Å²) in [6.45, 7) is 8.25. The molecule has 45 heavy (non-hydrogen) atoms. The summed E-state index contributed by atoms with van der Waals surface area (Å²) in [5.41, 5.74) is 3.53. The van der Waals surface area contributed by atoms with E-state index in [1.54, 1.807) is 53.0 Å². The summed E-state index contributed by atoms with van der Waals surface area (Å²) >= 11 is 0. The second-order valence-corrected chi connectivity index (χ2v) is 12.4. The molecule has 1 fully saturated rings. The molecule has 9 nitrogen and oxygen atoms in total. The van der Waals surface area contributed by atoms with Crippen molar-refractivity contribution in [2.75, 3.05) is 19.0 Å². The number of rotatable bonds is 11. The van der Waals surface area contributed by atoms with Gasteiger partial charge in [0.1, 0.15) is 22.9 Å². The molecule has 3 N–H and O–H groups in total. The molecule has 2 amide bonds. The molecule has 0 aliphatic heterocycles. The second kappa shape index (κ2) is 13.5. The Kier molecular flexibility index (Phi) is 9.53. The van der Waals surface area contributed by atoms with Crippen LogP contribution in [-0.4, -0.2) is 41.0 Å². The number of methoxy groups -OCH3 is 1. The van der Waals surface area contributed by atoms with Crippen molar-refractivity contribution in [3.05, 3.63) is 107 Å². The highest BCUT2D eigenvalue weighted by molar-refractivity contribution is 6.03. The van der Waals surface area contributed by atoms with Gasteiger partial charge >= 0.3 is 6.09 Å². The fourth-order valence-corrected chi connectivity index (χ4v) is 5.00. The number of halogens is 1. The minimum Gasteiger partial charge on any atom is -0.497 e. The molecular formula is C35H40FN5O4. The molecular weight excluding hydrogens is 573 g/mol. The maximum atomic E-state index is 15.2. The molecule has 1 aromatic heterocycles. The van der Waals surface area contributed by atoms with Crippen LogP contribution in [0, 0.1) is 18.7 Å². The maximum absolute atomic E-state index is 15.2. The van der Waals surface area contributed by atoms with Crippen molar-refractivity contribution < 1.29 is 23.5 Å². The zero-order valence-electron chi connectivity index (χ0n) is 26.3. The minimum absolute atomic E-state index is 0.0688. The van der Waals surface area contributed by atoms with Crippen molar-refractivity contribution >= 4 is 17.7 Å². The molecule has 1 unspecified atom stereocenters. The number of hydrogen-bond acceptors (Lipinski definition) is 6. The lowest BCUT2D eigenvalue weighted by molar-refractivity contribution is 0.0523. The number of alkyl carbamates (subject to hydrolysis) is 1. The summed E-state index contributed by atoms with van der Waals surface area (Å²) < 4.78 is 27.4. The summed E-state index contributed by atoms with van der Waals surface area (Å²) in [5, 5.41) is 13.7. The molecule has 1 atom stereocenters. The summed E-state index contributed by atoms with van der Waals surface area (Å²) in [6, 6.07) is 21.3. The number of ether oxygens (including phenoxy) is 2. The molecule has 3 aromatic carbocycles. The fraction of sp³-hybridized carbons (Fsp3) is 0.343. The first kappa shape index (κ1) is 31.7. The van der Waals surface area contributed by atoms with Crippen molar-refractivity contribution in [3.63, 3.8) is 0 Å². The van der Waals surface area contributed by atoms with Gasteiger partial charge in [-0.3, -0.25) is 4.79 Å². The van der Waals surface area contributed by atoms with Crippen LogP contribution < -0.4 is 20.7 Å². The average molecular weight is 614 g/mol. The van der Waals surface area contributed by atoms with Crippen molar-refractivity contribution in [2.45, 2.75) is 58.7 Å². The molecule has 1 saturated carbocycles. The molecule has 0 spiro atoms. The van der Waals surface area contributed by atoms with Gasteiger partial charge in [-0.05, 0) is 112 Å². The predicted molar refractivity (Wildman–Crippen MR) is 171 cm³/mol. The Labute approximate surface area is 263 Å². The van der Waals surface area contributed by atoms with Gasteiger partial charge in [-0.25, -0.2) is 13.9 Å². The van der Waals surface area contributed by atoms with Crippen LogP contribution in [0.5, 0.6) is 5.75 Å². The van der Waals surface area contributed by atoms with Gasteiger partial charge in [0.05, 0.1) is 30.2 Å². The van der Waals surface area contributed by atoms with Crippen LogP contribution in [0.1, 0.15) is 72.5 Å². The van der Waals surface area contributed by atoms with E-state index in [0.717, 1.165) is 29.0 Å². The van der Waals surface area contributed by atoms with Crippen LogP contribution in [0.2, 0.25) is 0 Å². The number of amides is 2. The van der Waals surface area contributed by atoms with E-state index in [0.29, 0.717) is 17.3 Å². The van der Waals surface area contributed by atoms with Crippen molar-refractivity contribution in [1.29, 1.82) is 0 Å². The second-order valence-electron chi connectivity index (χ2n) is 12.4. The lowest BCUT2D eigenvalue weighted by Crippen LogP contribution is -2.32. The van der Waals surface area contributed by atoms with Crippen LogP contribution in [-0.2, 0) is 11.3 Å². The van der Waals surface area contributed by atoms with Crippen LogP contribution >= 0.6 is 0 Å². The van der Waals surface area contributed by atoms with Gasteiger partial charge in [-0.15, -0.1) is 0 Å². The first-order chi connectivity index (χ1) is 21.5. The Morgan fingerprint density at radius 1 is 1.02 bits per heavy atom. The third-order valence-electron chi connectivity index (χ3n) is 7.36. The molecule has 1 aliphatic carbocycles. The number of nitrogens with one attached hydrogen (secondary N) is 3. The maximum Gasteiger partial charge on any atom is 0.407 e. The van der Waals surface area contributed by atoms with E-state index < -0.39 is 23.4 Å². The number of aromatic nitrogens is 2. The predicted octanol–water partition coefficient (Wildman–Crippen LogP) is 6.69. The molecule has 0 bridgehead atoms. The van der Waals surface area contributed by atoms with Crippen molar-refractivity contribution in [3.8, 4) is 11.4 Å². The van der Waals surface area contributed by atoms with E-state index in [4.69, 9.17) is 9.47 Å². The Hall–Kier alpha value is -4.70. The highest BCUT2D eigenvalue weighted by Crippen LogP contribution is 2.32. The van der Waals surface area contributed by atoms with Crippen molar-refractivity contribution in [2.24, 2.45) is 5.92 Å². The number of benzene rings is 3. The normalized spacial score (nSPS) is 13.6. The van der Waals surface area contributed by atoms with Gasteiger partial charge < -0.3 is 25.4 Å². The summed E-state index contributed by atoms with van der Waals surface area (Å²) in [5.74, 6) is 0.312. The van der Waals surface area contributed by atoms with E-state index >= 15 is 4.39 Å². The highest BCUT2D eigenvalue weighted by Gasteiger charge is 2.25. The Morgan fingerprint density at radius 3 is 2.51 bits per heavy atom. The molecule has 10 heteroatoms. The fourth-order valence-electron chi connectivity index (χ4n) is 5.00. The van der Waals surface area contributed by atoms with Gasteiger partial charge in [-0.2, -0.15) is 5.10 Å². The standard InChI is InChI=1S/C35H40FN5O4/c1-22-16-31(41(40-22)27-10-6-8-24(17-27)21-38-34(43)45-35(2,3)4)33(42)39-30-19-26(14-15-29(30)36)32(37-20-23-12-13-23)25-9-7-11-28(18-25)44-5/h6-11,14-19,23,32,37H,12-13,20-21H2,1-5H3,(H,38,43)(H,39,42). The van der Waals surface area contributed by atoms with Gasteiger partial charge in [0.2, 0.25) is 0 Å². The minimum atomic E-state index is -0.608. The lowest BCUT2D eigenvalue weighted by Gasteiger charge is -2.21. The monoisotopic (exact) mass is 613 g/mol. The first-order valence-corrected chi connectivity index (χ1v) is 15.1. The molecule has 0 radical (unpaired) electrons. The SMILES string of the molecule is COc1cccc(C(NCC2CC2)c2ccc(F)c(NC(=O)c3cc(C)nn3-c3cccc(CNC(=O)OC(C)(C)C)c3)c2)c1. The number of nitrogens with zero attached hydrogens (tertiary/aromatic N) is 2. The Morgan fingerprint density at radius 2 is 1.78 bits per heavy atom. The smallest absolute Gasteiger partial charge is 0.407 e. The summed E-state index contributed by atoms with van der Waals surface area (Å²) in [4.78, 5) is 25.8. The van der Waals surface area contributed by atoms with E-state index in [1.807, 2.05) is 48.5 Å². The summed E-state index contributed by atoms with van der Waals surface area (Å²) in [6.07, 6.45) is 1.86. The van der Waals surface area contributed by atoms with E-state index in [2.05, 4.69) is 21.0 Å². The van der Waals surface area contributed by atoms with Gasteiger partial charge in [0.15, 0.2) is 0 Å². The van der Waals surface area contributed by atoms with Gasteiger partial charge in [-0.1, -0.05) is 30.3 Å². The van der Waals surface area contributed by atoms with E-state index in [9.17, 15) is 9.59 Å². The zero-order chi connectivity index (χ0) is 32.1. The molecule has 1 heterocycles. The molecule has 236 valence electrons. The quantitative estimate of drug-likeness (QED) is 0.174. The third kappa shape index (κ3) is 8.48. The Bertz CT molecular complexity index is 1670.